The van der Waals surface area contributed by atoms with E-state index in [0.717, 1.165) is 23.6 Å². The molecule has 4 nitrogen and oxygen atoms in total. The van der Waals surface area contributed by atoms with Gasteiger partial charge in [-0.25, -0.2) is 9.97 Å². The number of nitrogens with one attached hydrogen (secondary N) is 1. The van der Waals surface area contributed by atoms with E-state index in [4.69, 9.17) is 4.42 Å². The zero-order chi connectivity index (χ0) is 11.4. The molecule has 1 N–H and O–H groups in total. The molecule has 2 heterocycles. The van der Waals surface area contributed by atoms with Gasteiger partial charge in [-0.15, -0.1) is 0 Å². The van der Waals surface area contributed by atoms with Crippen LogP contribution in [0.1, 0.15) is 19.6 Å². The molecule has 84 valence electrons. The molecule has 4 heteroatoms. The first kappa shape index (κ1) is 10.8. The zero-order valence-electron chi connectivity index (χ0n) is 9.47. The molecular formula is C12H15N3O. The fourth-order valence-corrected chi connectivity index (χ4v) is 1.36. The molecule has 0 amide bonds. The Labute approximate surface area is 94.7 Å². The zero-order valence-corrected chi connectivity index (χ0v) is 9.47. The van der Waals surface area contributed by atoms with Crippen LogP contribution in [0.15, 0.2) is 35.3 Å². The lowest BCUT2D eigenvalue weighted by atomic mass is 10.3. The van der Waals surface area contributed by atoms with E-state index in [1.165, 1.54) is 6.33 Å². The van der Waals surface area contributed by atoms with Crippen molar-refractivity contribution in [2.24, 2.45) is 0 Å². The second-order valence-corrected chi connectivity index (χ2v) is 3.93. The van der Waals surface area contributed by atoms with E-state index in [1.807, 2.05) is 12.1 Å². The van der Waals surface area contributed by atoms with Gasteiger partial charge in [-0.1, -0.05) is 13.8 Å². The molecule has 2 rings (SSSR count). The summed E-state index contributed by atoms with van der Waals surface area (Å²) in [5.41, 5.74) is 0.901. The molecule has 0 fully saturated rings. The summed E-state index contributed by atoms with van der Waals surface area (Å²) in [6.45, 7) is 4.95. The second-order valence-electron chi connectivity index (χ2n) is 3.93. The van der Waals surface area contributed by atoms with Crippen LogP contribution in [0.3, 0.4) is 0 Å². The predicted molar refractivity (Wildman–Crippen MR) is 61.7 cm³/mol. The lowest BCUT2D eigenvalue weighted by Crippen LogP contribution is -2.21. The molecule has 0 unspecified atom stereocenters. The highest BCUT2D eigenvalue weighted by molar-refractivity contribution is 5.54. The van der Waals surface area contributed by atoms with E-state index in [2.05, 4.69) is 29.1 Å². The first-order chi connectivity index (χ1) is 7.75. The number of furan rings is 1. The van der Waals surface area contributed by atoms with Gasteiger partial charge in [0.05, 0.1) is 12.1 Å². The first-order valence-electron chi connectivity index (χ1n) is 5.33. The third-order valence-electron chi connectivity index (χ3n) is 2.19. The van der Waals surface area contributed by atoms with E-state index in [0.29, 0.717) is 6.04 Å². The minimum Gasteiger partial charge on any atom is -0.460 e. The third-order valence-corrected chi connectivity index (χ3v) is 2.19. The summed E-state index contributed by atoms with van der Waals surface area (Å²) in [4.78, 5) is 7.92. The van der Waals surface area contributed by atoms with Gasteiger partial charge in [-0.2, -0.15) is 0 Å². The Morgan fingerprint density at radius 2 is 2.00 bits per heavy atom. The maximum Gasteiger partial charge on any atom is 0.137 e. The van der Waals surface area contributed by atoms with E-state index >= 15 is 0 Å². The highest BCUT2D eigenvalue weighted by Gasteiger charge is 2.05. The summed E-state index contributed by atoms with van der Waals surface area (Å²) in [6, 6.07) is 4.36. The summed E-state index contributed by atoms with van der Waals surface area (Å²) in [5.74, 6) is 1.73. The Bertz CT molecular complexity index is 437. The van der Waals surface area contributed by atoms with Crippen molar-refractivity contribution in [1.29, 1.82) is 0 Å². The number of hydrogen-bond acceptors (Lipinski definition) is 4. The van der Waals surface area contributed by atoms with Crippen LogP contribution in [0.4, 0.5) is 0 Å². The second kappa shape index (κ2) is 4.90. The van der Waals surface area contributed by atoms with Gasteiger partial charge in [0.15, 0.2) is 0 Å². The van der Waals surface area contributed by atoms with Crippen molar-refractivity contribution in [3.8, 4) is 11.3 Å². The molecule has 0 aromatic carbocycles. The highest BCUT2D eigenvalue weighted by Crippen LogP contribution is 2.20. The smallest absolute Gasteiger partial charge is 0.137 e. The average Bonchev–Trinajstić information content (AvgIpc) is 2.76. The van der Waals surface area contributed by atoms with Crippen LogP contribution in [-0.2, 0) is 6.54 Å². The van der Waals surface area contributed by atoms with Crippen molar-refractivity contribution < 1.29 is 4.42 Å². The molecule has 0 radical (unpaired) electrons. The van der Waals surface area contributed by atoms with E-state index in [9.17, 15) is 0 Å². The molecule has 2 aromatic rings. The molecule has 0 aliphatic rings. The predicted octanol–water partition coefficient (Wildman–Crippen LogP) is 2.23. The Kier molecular flexibility index (Phi) is 3.31. The third kappa shape index (κ3) is 2.67. The van der Waals surface area contributed by atoms with Crippen molar-refractivity contribution in [3.63, 3.8) is 0 Å². The minimum absolute atomic E-state index is 0.452. The van der Waals surface area contributed by atoms with Gasteiger partial charge in [0, 0.05) is 18.4 Å². The van der Waals surface area contributed by atoms with Gasteiger partial charge in [-0.05, 0) is 12.1 Å². The van der Waals surface area contributed by atoms with Crippen LogP contribution in [0.25, 0.3) is 11.3 Å². The van der Waals surface area contributed by atoms with Crippen molar-refractivity contribution in [3.05, 3.63) is 36.6 Å². The quantitative estimate of drug-likeness (QED) is 0.853. The van der Waals surface area contributed by atoms with Gasteiger partial charge < -0.3 is 9.73 Å². The topological polar surface area (TPSA) is 51.0 Å². The lowest BCUT2D eigenvalue weighted by Gasteiger charge is -2.04. The van der Waals surface area contributed by atoms with E-state index < -0.39 is 0 Å². The summed E-state index contributed by atoms with van der Waals surface area (Å²) < 4.78 is 5.68. The monoisotopic (exact) mass is 217 g/mol. The molecule has 0 saturated heterocycles. The fraction of sp³-hybridized carbons (Fsp3) is 0.333. The van der Waals surface area contributed by atoms with Crippen LogP contribution in [0.5, 0.6) is 0 Å². The van der Waals surface area contributed by atoms with Gasteiger partial charge in [0.2, 0.25) is 0 Å². The van der Waals surface area contributed by atoms with Crippen LogP contribution in [0, 0.1) is 0 Å². The van der Waals surface area contributed by atoms with Gasteiger partial charge in [-0.3, -0.25) is 0 Å². The molecule has 2 aromatic heterocycles. The largest absolute Gasteiger partial charge is 0.460 e. The van der Waals surface area contributed by atoms with Crippen molar-refractivity contribution in [2.45, 2.75) is 26.4 Å². The van der Waals surface area contributed by atoms with Crippen LogP contribution in [-0.4, -0.2) is 16.0 Å². The van der Waals surface area contributed by atoms with E-state index in [-0.39, 0.29) is 0 Å². The van der Waals surface area contributed by atoms with Crippen molar-refractivity contribution in [2.75, 3.05) is 0 Å². The SMILES string of the molecule is CC(C)NCc1ccc(-c2cncnc2)o1. The highest BCUT2D eigenvalue weighted by atomic mass is 16.3. The fourth-order valence-electron chi connectivity index (χ4n) is 1.36. The Morgan fingerprint density at radius 3 is 2.69 bits per heavy atom. The summed E-state index contributed by atoms with van der Waals surface area (Å²) in [7, 11) is 0. The standard InChI is InChI=1S/C12H15N3O/c1-9(2)15-7-11-3-4-12(16-11)10-5-13-8-14-6-10/h3-6,8-9,15H,7H2,1-2H3. The molecular weight excluding hydrogens is 202 g/mol. The molecule has 0 bridgehead atoms. The molecule has 0 saturated carbocycles. The number of nitrogens with zero attached hydrogens (tertiary/aromatic N) is 2. The summed E-state index contributed by atoms with van der Waals surface area (Å²) in [5, 5.41) is 3.30. The first-order valence-corrected chi connectivity index (χ1v) is 5.33. The molecule has 0 aliphatic heterocycles. The maximum atomic E-state index is 5.68. The molecule has 0 atom stereocenters. The number of hydrogen-bond donors (Lipinski definition) is 1. The normalized spacial score (nSPS) is 10.9. The van der Waals surface area contributed by atoms with Gasteiger partial charge in [0.1, 0.15) is 17.8 Å². The van der Waals surface area contributed by atoms with Gasteiger partial charge >= 0.3 is 0 Å². The summed E-state index contributed by atoms with van der Waals surface area (Å²) in [6.07, 6.45) is 4.99. The maximum absolute atomic E-state index is 5.68. The van der Waals surface area contributed by atoms with Gasteiger partial charge in [0.25, 0.3) is 0 Å². The molecule has 0 spiro atoms. The van der Waals surface area contributed by atoms with Crippen molar-refractivity contribution in [1.82, 2.24) is 15.3 Å². The van der Waals surface area contributed by atoms with Crippen molar-refractivity contribution >= 4 is 0 Å². The minimum atomic E-state index is 0.452. The number of aromatic nitrogens is 2. The Morgan fingerprint density at radius 1 is 1.25 bits per heavy atom. The Balaban J connectivity index is 2.08. The molecule has 16 heavy (non-hydrogen) atoms. The van der Waals surface area contributed by atoms with E-state index in [1.54, 1.807) is 12.4 Å². The van der Waals surface area contributed by atoms with Crippen LogP contribution >= 0.6 is 0 Å². The van der Waals surface area contributed by atoms with Crippen LogP contribution < -0.4 is 5.32 Å². The number of rotatable bonds is 4. The lowest BCUT2D eigenvalue weighted by molar-refractivity contribution is 0.473. The average molecular weight is 217 g/mol. The van der Waals surface area contributed by atoms with Crippen LogP contribution in [0.2, 0.25) is 0 Å². The summed E-state index contributed by atoms with van der Waals surface area (Å²) >= 11 is 0. The molecule has 0 aliphatic carbocycles. The Hall–Kier alpha value is -1.68.